The van der Waals surface area contributed by atoms with Gasteiger partial charge in [0.15, 0.2) is 0 Å². The lowest BCUT2D eigenvalue weighted by molar-refractivity contribution is 0.585. The molecule has 0 radical (unpaired) electrons. The van der Waals surface area contributed by atoms with Crippen LogP contribution in [0.3, 0.4) is 0 Å². The minimum atomic E-state index is -0.217. The van der Waals surface area contributed by atoms with Crippen LogP contribution in [0.1, 0.15) is 18.5 Å². The zero-order valence-corrected chi connectivity index (χ0v) is 12.4. The number of hydrogen-bond acceptors (Lipinski definition) is 3. The maximum absolute atomic E-state index is 13.8. The van der Waals surface area contributed by atoms with Crippen molar-refractivity contribution in [1.29, 1.82) is 0 Å². The number of benzene rings is 1. The van der Waals surface area contributed by atoms with Crippen LogP contribution in [0.2, 0.25) is 0 Å². The number of nitrogen functional groups attached to an aromatic ring is 1. The summed E-state index contributed by atoms with van der Waals surface area (Å²) in [5.74, 6) is -0.217. The lowest BCUT2D eigenvalue weighted by Gasteiger charge is -2.29. The molecule has 2 N–H and O–H groups in total. The predicted molar refractivity (Wildman–Crippen MR) is 79.6 cm³/mol. The first-order chi connectivity index (χ1) is 9.02. The third-order valence-electron chi connectivity index (χ3n) is 3.19. The molecule has 1 aromatic carbocycles. The summed E-state index contributed by atoms with van der Waals surface area (Å²) < 4.78 is 14.6. The minimum absolute atomic E-state index is 0.137. The normalized spacial score (nSPS) is 12.2. The molecule has 0 aliphatic heterocycles. The molecular formula is C14H15BrFN3. The molecule has 0 aliphatic rings. The molecule has 1 heterocycles. The van der Waals surface area contributed by atoms with E-state index < -0.39 is 0 Å². The van der Waals surface area contributed by atoms with Crippen LogP contribution in [-0.2, 0) is 0 Å². The van der Waals surface area contributed by atoms with Crippen molar-refractivity contribution in [3.63, 3.8) is 0 Å². The summed E-state index contributed by atoms with van der Waals surface area (Å²) >= 11 is 3.43. The number of rotatable bonds is 3. The molecule has 100 valence electrons. The van der Waals surface area contributed by atoms with Gasteiger partial charge in [0.1, 0.15) is 5.82 Å². The zero-order valence-electron chi connectivity index (χ0n) is 10.8. The number of pyridine rings is 1. The van der Waals surface area contributed by atoms with Gasteiger partial charge >= 0.3 is 0 Å². The van der Waals surface area contributed by atoms with Crippen LogP contribution in [-0.4, -0.2) is 12.0 Å². The molecule has 0 saturated carbocycles. The second kappa shape index (κ2) is 5.57. The fourth-order valence-corrected chi connectivity index (χ4v) is 2.66. The number of hydrogen-bond donors (Lipinski definition) is 1. The first-order valence-electron chi connectivity index (χ1n) is 5.88. The van der Waals surface area contributed by atoms with E-state index in [4.69, 9.17) is 5.73 Å². The topological polar surface area (TPSA) is 42.1 Å². The highest BCUT2D eigenvalue weighted by molar-refractivity contribution is 9.10. The second-order valence-electron chi connectivity index (χ2n) is 4.37. The molecule has 0 bridgehead atoms. The van der Waals surface area contributed by atoms with Gasteiger partial charge in [0.05, 0.1) is 28.1 Å². The van der Waals surface area contributed by atoms with Gasteiger partial charge in [-0.25, -0.2) is 4.39 Å². The molecule has 2 aromatic rings. The van der Waals surface area contributed by atoms with Crippen LogP contribution in [0.5, 0.6) is 0 Å². The maximum Gasteiger partial charge on any atom is 0.128 e. The highest BCUT2D eigenvalue weighted by Gasteiger charge is 2.19. The Bertz CT molecular complexity index is 568. The van der Waals surface area contributed by atoms with Crippen molar-refractivity contribution in [3.05, 3.63) is 52.5 Å². The number of nitrogens with zero attached hydrogens (tertiary/aromatic N) is 2. The van der Waals surface area contributed by atoms with Gasteiger partial charge in [-0.3, -0.25) is 4.98 Å². The summed E-state index contributed by atoms with van der Waals surface area (Å²) in [6, 6.07) is 6.62. The van der Waals surface area contributed by atoms with E-state index in [9.17, 15) is 4.39 Å². The molecule has 0 fully saturated rings. The molecule has 0 saturated heterocycles. The summed E-state index contributed by atoms with van der Waals surface area (Å²) in [6.07, 6.45) is 3.26. The largest absolute Gasteiger partial charge is 0.396 e. The Hall–Kier alpha value is -1.62. The van der Waals surface area contributed by atoms with Crippen molar-refractivity contribution >= 4 is 27.3 Å². The lowest BCUT2D eigenvalue weighted by Crippen LogP contribution is -2.24. The van der Waals surface area contributed by atoms with Crippen LogP contribution in [0.15, 0.2) is 41.1 Å². The Morgan fingerprint density at radius 3 is 2.63 bits per heavy atom. The molecule has 3 nitrogen and oxygen atoms in total. The summed E-state index contributed by atoms with van der Waals surface area (Å²) in [6.45, 7) is 1.94. The number of aromatic nitrogens is 1. The first kappa shape index (κ1) is 13.8. The molecule has 1 unspecified atom stereocenters. The lowest BCUT2D eigenvalue weighted by atomic mass is 10.1. The summed E-state index contributed by atoms with van der Waals surface area (Å²) in [7, 11) is 1.88. The van der Waals surface area contributed by atoms with Crippen LogP contribution in [0, 0.1) is 5.82 Å². The molecule has 2 rings (SSSR count). The smallest absolute Gasteiger partial charge is 0.128 e. The zero-order chi connectivity index (χ0) is 14.0. The molecular weight excluding hydrogens is 309 g/mol. The van der Waals surface area contributed by atoms with Crippen molar-refractivity contribution < 1.29 is 4.39 Å². The predicted octanol–water partition coefficient (Wildman–Crippen LogP) is 3.76. The minimum Gasteiger partial charge on any atom is -0.396 e. The highest BCUT2D eigenvalue weighted by Crippen LogP contribution is 2.35. The van der Waals surface area contributed by atoms with Gasteiger partial charge in [-0.1, -0.05) is 18.2 Å². The monoisotopic (exact) mass is 323 g/mol. The van der Waals surface area contributed by atoms with Gasteiger partial charge in [-0.15, -0.1) is 0 Å². The molecule has 0 spiro atoms. The van der Waals surface area contributed by atoms with Crippen molar-refractivity contribution in [2.24, 2.45) is 0 Å². The van der Waals surface area contributed by atoms with Crippen molar-refractivity contribution in [3.8, 4) is 0 Å². The van der Waals surface area contributed by atoms with Crippen molar-refractivity contribution in [2.75, 3.05) is 17.7 Å². The molecule has 0 amide bonds. The van der Waals surface area contributed by atoms with Crippen LogP contribution < -0.4 is 10.6 Å². The molecule has 19 heavy (non-hydrogen) atoms. The third kappa shape index (κ3) is 2.71. The van der Waals surface area contributed by atoms with Crippen LogP contribution >= 0.6 is 15.9 Å². The van der Waals surface area contributed by atoms with Gasteiger partial charge < -0.3 is 10.6 Å². The van der Waals surface area contributed by atoms with Crippen molar-refractivity contribution in [2.45, 2.75) is 13.0 Å². The van der Waals surface area contributed by atoms with E-state index in [1.54, 1.807) is 24.5 Å². The van der Waals surface area contributed by atoms with Gasteiger partial charge in [-0.2, -0.15) is 0 Å². The van der Waals surface area contributed by atoms with Gasteiger partial charge in [0, 0.05) is 18.8 Å². The van der Waals surface area contributed by atoms with E-state index in [0.717, 1.165) is 10.2 Å². The van der Waals surface area contributed by atoms with Crippen LogP contribution in [0.25, 0.3) is 0 Å². The van der Waals surface area contributed by atoms with E-state index >= 15 is 0 Å². The SMILES string of the molecule is CC(c1ccccc1F)N(C)c1c(N)cncc1Br. The van der Waals surface area contributed by atoms with Gasteiger partial charge in [0.2, 0.25) is 0 Å². The van der Waals surface area contributed by atoms with E-state index in [1.807, 2.05) is 24.9 Å². The van der Waals surface area contributed by atoms with Gasteiger partial charge in [0.25, 0.3) is 0 Å². The number of anilines is 2. The average Bonchev–Trinajstić information content (AvgIpc) is 2.38. The summed E-state index contributed by atoms with van der Waals surface area (Å²) in [5.41, 5.74) is 7.95. The third-order valence-corrected chi connectivity index (χ3v) is 3.77. The standard InChI is InChI=1S/C14H15BrFN3/c1-9(10-5-3-4-6-12(10)16)19(2)14-11(15)7-18-8-13(14)17/h3-9H,17H2,1-2H3. The molecule has 5 heteroatoms. The summed E-state index contributed by atoms with van der Waals surface area (Å²) in [5, 5.41) is 0. The van der Waals surface area contributed by atoms with E-state index in [1.165, 1.54) is 6.07 Å². The maximum atomic E-state index is 13.8. The molecule has 1 aromatic heterocycles. The number of halogens is 2. The Balaban J connectivity index is 2.39. The fraction of sp³-hybridized carbons (Fsp3) is 0.214. The van der Waals surface area contributed by atoms with E-state index in [-0.39, 0.29) is 11.9 Å². The quantitative estimate of drug-likeness (QED) is 0.935. The molecule has 1 atom stereocenters. The van der Waals surface area contributed by atoms with Crippen molar-refractivity contribution in [1.82, 2.24) is 4.98 Å². The number of nitrogens with two attached hydrogens (primary N) is 1. The Morgan fingerprint density at radius 2 is 2.00 bits per heavy atom. The Labute approximate surface area is 120 Å². The first-order valence-corrected chi connectivity index (χ1v) is 6.68. The van der Waals surface area contributed by atoms with E-state index in [2.05, 4.69) is 20.9 Å². The Morgan fingerprint density at radius 1 is 1.32 bits per heavy atom. The Kier molecular flexibility index (Phi) is 4.04. The average molecular weight is 324 g/mol. The van der Waals surface area contributed by atoms with Crippen LogP contribution in [0.4, 0.5) is 15.8 Å². The second-order valence-corrected chi connectivity index (χ2v) is 5.22. The highest BCUT2D eigenvalue weighted by atomic mass is 79.9. The fourth-order valence-electron chi connectivity index (χ4n) is 2.03. The molecule has 0 aliphatic carbocycles. The van der Waals surface area contributed by atoms with Gasteiger partial charge in [-0.05, 0) is 28.9 Å². The van der Waals surface area contributed by atoms with E-state index in [0.29, 0.717) is 11.3 Å². The summed E-state index contributed by atoms with van der Waals surface area (Å²) in [4.78, 5) is 5.93.